The van der Waals surface area contributed by atoms with Gasteiger partial charge in [-0.2, -0.15) is 5.26 Å². The summed E-state index contributed by atoms with van der Waals surface area (Å²) in [6.07, 6.45) is 6.25. The van der Waals surface area contributed by atoms with E-state index in [1.807, 2.05) is 4.90 Å². The lowest BCUT2D eigenvalue weighted by Crippen LogP contribution is -2.38. The van der Waals surface area contributed by atoms with Crippen LogP contribution in [-0.2, 0) is 17.6 Å². The number of pyridine rings is 1. The summed E-state index contributed by atoms with van der Waals surface area (Å²) in [6.45, 7) is 5.80. The monoisotopic (exact) mass is 327 g/mol. The maximum atomic E-state index is 12.3. The third-order valence-electron chi connectivity index (χ3n) is 4.96. The maximum Gasteiger partial charge on any atom is 0.260 e. The van der Waals surface area contributed by atoms with E-state index in [2.05, 4.69) is 24.9 Å². The molecule has 1 aromatic rings. The Balaban J connectivity index is 1.81. The molecule has 0 atom stereocenters. The van der Waals surface area contributed by atoms with Crippen molar-refractivity contribution in [2.24, 2.45) is 0 Å². The fraction of sp³-hybridized carbons (Fsp3) is 0.632. The zero-order chi connectivity index (χ0) is 17.1. The van der Waals surface area contributed by atoms with Crippen LogP contribution in [0.3, 0.4) is 0 Å². The molecule has 1 saturated heterocycles. The van der Waals surface area contributed by atoms with Crippen molar-refractivity contribution in [3.63, 3.8) is 0 Å². The summed E-state index contributed by atoms with van der Waals surface area (Å²) in [4.78, 5) is 18.8. The molecule has 1 aliphatic carbocycles. The van der Waals surface area contributed by atoms with Crippen molar-refractivity contribution in [2.75, 3.05) is 19.7 Å². The maximum absolute atomic E-state index is 12.3. The summed E-state index contributed by atoms with van der Waals surface area (Å²) in [5.74, 6) is 0.615. The molecule has 0 radical (unpaired) electrons. The second kappa shape index (κ2) is 7.21. The van der Waals surface area contributed by atoms with E-state index in [0.29, 0.717) is 11.4 Å². The second-order valence-corrected chi connectivity index (χ2v) is 6.98. The number of ether oxygens (including phenoxy) is 1. The lowest BCUT2D eigenvalue weighted by atomic mass is 9.98. The number of piperidine rings is 1. The van der Waals surface area contributed by atoms with E-state index in [9.17, 15) is 10.1 Å². The third kappa shape index (κ3) is 3.24. The molecule has 0 spiro atoms. The van der Waals surface area contributed by atoms with Gasteiger partial charge in [0.05, 0.1) is 5.69 Å². The SMILES string of the molecule is CC(C)c1nc(OCC(=O)N2CCCCC2)c(C#N)c2c1CCC2. The number of carbonyl (C=O) groups is 1. The Kier molecular flexibility index (Phi) is 5.03. The average molecular weight is 327 g/mol. The van der Waals surface area contributed by atoms with Crippen LogP contribution in [0.1, 0.15) is 67.8 Å². The van der Waals surface area contributed by atoms with Crippen LogP contribution in [0.25, 0.3) is 0 Å². The van der Waals surface area contributed by atoms with Crippen LogP contribution in [-0.4, -0.2) is 35.5 Å². The first-order valence-corrected chi connectivity index (χ1v) is 8.98. The largest absolute Gasteiger partial charge is 0.467 e. The first-order valence-electron chi connectivity index (χ1n) is 8.98. The number of hydrogen-bond acceptors (Lipinski definition) is 4. The first-order chi connectivity index (χ1) is 11.6. The summed E-state index contributed by atoms with van der Waals surface area (Å²) in [5.41, 5.74) is 3.84. The molecule has 2 heterocycles. The summed E-state index contributed by atoms with van der Waals surface area (Å²) in [5, 5.41) is 9.56. The Morgan fingerprint density at radius 2 is 1.92 bits per heavy atom. The van der Waals surface area contributed by atoms with E-state index in [1.165, 1.54) is 12.0 Å². The van der Waals surface area contributed by atoms with Crippen LogP contribution in [0.4, 0.5) is 0 Å². The molecular weight excluding hydrogens is 302 g/mol. The molecule has 0 aromatic carbocycles. The topological polar surface area (TPSA) is 66.2 Å². The smallest absolute Gasteiger partial charge is 0.260 e. The van der Waals surface area contributed by atoms with Gasteiger partial charge in [-0.1, -0.05) is 13.8 Å². The van der Waals surface area contributed by atoms with Crippen LogP contribution in [0, 0.1) is 11.3 Å². The molecule has 0 unspecified atom stereocenters. The molecule has 128 valence electrons. The minimum absolute atomic E-state index is 0.00742. The van der Waals surface area contributed by atoms with E-state index in [-0.39, 0.29) is 18.4 Å². The van der Waals surface area contributed by atoms with Crippen molar-refractivity contribution in [2.45, 2.75) is 58.3 Å². The van der Waals surface area contributed by atoms with E-state index in [1.54, 1.807) is 0 Å². The number of carbonyl (C=O) groups excluding carboxylic acids is 1. The highest BCUT2D eigenvalue weighted by Crippen LogP contribution is 2.35. The predicted molar refractivity (Wildman–Crippen MR) is 91.0 cm³/mol. The van der Waals surface area contributed by atoms with Crippen molar-refractivity contribution in [3.8, 4) is 11.9 Å². The highest BCUT2D eigenvalue weighted by atomic mass is 16.5. The van der Waals surface area contributed by atoms with Crippen molar-refractivity contribution in [1.82, 2.24) is 9.88 Å². The van der Waals surface area contributed by atoms with Gasteiger partial charge in [0.1, 0.15) is 11.6 Å². The van der Waals surface area contributed by atoms with E-state index >= 15 is 0 Å². The van der Waals surface area contributed by atoms with E-state index in [0.717, 1.165) is 56.5 Å². The number of rotatable bonds is 4. The molecule has 1 fully saturated rings. The molecule has 3 rings (SSSR count). The Labute approximate surface area is 143 Å². The lowest BCUT2D eigenvalue weighted by molar-refractivity contribution is -0.134. The number of fused-ring (bicyclic) bond motifs is 1. The van der Waals surface area contributed by atoms with Gasteiger partial charge < -0.3 is 9.64 Å². The van der Waals surface area contributed by atoms with Crippen LogP contribution in [0.5, 0.6) is 5.88 Å². The fourth-order valence-corrected chi connectivity index (χ4v) is 3.73. The van der Waals surface area contributed by atoms with Crippen LogP contribution >= 0.6 is 0 Å². The van der Waals surface area contributed by atoms with Crippen LogP contribution in [0.15, 0.2) is 0 Å². The first kappa shape index (κ1) is 16.8. The van der Waals surface area contributed by atoms with Crippen LogP contribution < -0.4 is 4.74 Å². The molecule has 0 N–H and O–H groups in total. The minimum Gasteiger partial charge on any atom is -0.467 e. The molecule has 0 bridgehead atoms. The molecule has 24 heavy (non-hydrogen) atoms. The molecule has 2 aliphatic rings. The lowest BCUT2D eigenvalue weighted by Gasteiger charge is -2.26. The van der Waals surface area contributed by atoms with Crippen molar-refractivity contribution in [3.05, 3.63) is 22.4 Å². The Morgan fingerprint density at radius 3 is 2.58 bits per heavy atom. The summed E-state index contributed by atoms with van der Waals surface area (Å²) in [7, 11) is 0. The number of hydrogen-bond donors (Lipinski definition) is 0. The van der Waals surface area contributed by atoms with E-state index in [4.69, 9.17) is 4.74 Å². The molecule has 5 nitrogen and oxygen atoms in total. The van der Waals surface area contributed by atoms with Gasteiger partial charge >= 0.3 is 0 Å². The Bertz CT molecular complexity index is 670. The normalized spacial score (nSPS) is 16.8. The van der Waals surface area contributed by atoms with Gasteiger partial charge in [-0.15, -0.1) is 0 Å². The zero-order valence-corrected chi connectivity index (χ0v) is 14.6. The van der Waals surface area contributed by atoms with Gasteiger partial charge in [0, 0.05) is 13.1 Å². The highest BCUT2D eigenvalue weighted by Gasteiger charge is 2.26. The molecule has 5 heteroatoms. The van der Waals surface area contributed by atoms with Gasteiger partial charge in [-0.3, -0.25) is 4.79 Å². The third-order valence-corrected chi connectivity index (χ3v) is 4.96. The quantitative estimate of drug-likeness (QED) is 0.853. The van der Waals surface area contributed by atoms with Crippen molar-refractivity contribution >= 4 is 5.91 Å². The molecule has 1 amide bonds. The second-order valence-electron chi connectivity index (χ2n) is 6.98. The number of likely N-dealkylation sites (tertiary alicyclic amines) is 1. The average Bonchev–Trinajstić information content (AvgIpc) is 3.08. The van der Waals surface area contributed by atoms with Gasteiger partial charge in [0.15, 0.2) is 6.61 Å². The van der Waals surface area contributed by atoms with Gasteiger partial charge in [0.25, 0.3) is 5.91 Å². The van der Waals surface area contributed by atoms with Crippen molar-refractivity contribution in [1.29, 1.82) is 5.26 Å². The zero-order valence-electron chi connectivity index (χ0n) is 14.6. The van der Waals surface area contributed by atoms with Crippen LogP contribution in [0.2, 0.25) is 0 Å². The standard InChI is InChI=1S/C19H25N3O2/c1-13(2)18-15-8-6-7-14(15)16(11-20)19(21-18)24-12-17(23)22-9-4-3-5-10-22/h13H,3-10,12H2,1-2H3. The summed E-state index contributed by atoms with van der Waals surface area (Å²) >= 11 is 0. The highest BCUT2D eigenvalue weighted by molar-refractivity contribution is 5.78. The van der Waals surface area contributed by atoms with E-state index < -0.39 is 0 Å². The predicted octanol–water partition coefficient (Wildman–Crippen LogP) is 2.96. The fourth-order valence-electron chi connectivity index (χ4n) is 3.73. The van der Waals surface area contributed by atoms with Gasteiger partial charge in [-0.25, -0.2) is 4.98 Å². The number of nitriles is 1. The Hall–Kier alpha value is -2.09. The Morgan fingerprint density at radius 1 is 1.21 bits per heavy atom. The number of aromatic nitrogens is 1. The molecule has 1 aliphatic heterocycles. The number of amides is 1. The molecule has 1 aromatic heterocycles. The minimum atomic E-state index is -0.0298. The molecular formula is C19H25N3O2. The summed E-state index contributed by atoms with van der Waals surface area (Å²) in [6, 6.07) is 2.25. The van der Waals surface area contributed by atoms with Crippen molar-refractivity contribution < 1.29 is 9.53 Å². The molecule has 0 saturated carbocycles. The summed E-state index contributed by atoms with van der Waals surface area (Å²) < 4.78 is 5.73. The number of nitrogens with zero attached hydrogens (tertiary/aromatic N) is 3. The van der Waals surface area contributed by atoms with Gasteiger partial charge in [-0.05, 0) is 55.6 Å². The van der Waals surface area contributed by atoms with Gasteiger partial charge in [0.2, 0.25) is 5.88 Å².